The number of aromatic nitrogens is 1. The van der Waals surface area contributed by atoms with Crippen molar-refractivity contribution in [3.63, 3.8) is 0 Å². The van der Waals surface area contributed by atoms with Gasteiger partial charge >= 0.3 is 6.97 Å². The summed E-state index contributed by atoms with van der Waals surface area (Å²) in [6, 6.07) is 6.21. The summed E-state index contributed by atoms with van der Waals surface area (Å²) >= 11 is 0. The highest BCUT2D eigenvalue weighted by Gasteiger charge is 2.56. The molecule has 158 valence electrons. The van der Waals surface area contributed by atoms with Crippen LogP contribution in [0.25, 0.3) is 5.57 Å². The predicted octanol–water partition coefficient (Wildman–Crippen LogP) is 6.49. The highest BCUT2D eigenvalue weighted by molar-refractivity contribution is 6.58. The zero-order chi connectivity index (χ0) is 22.1. The Morgan fingerprint density at radius 1 is 0.933 bits per heavy atom. The van der Waals surface area contributed by atoms with Crippen LogP contribution >= 0.6 is 0 Å². The van der Waals surface area contributed by atoms with Gasteiger partial charge in [-0.05, 0) is 81.0 Å². The molecule has 4 rings (SSSR count). The number of benzene rings is 1. The first-order valence-corrected chi connectivity index (χ1v) is 11.0. The smallest absolute Gasteiger partial charge is 0.393 e. The Labute approximate surface area is 178 Å². The summed E-state index contributed by atoms with van der Waals surface area (Å²) < 4.78 is 35.1. The van der Waals surface area contributed by atoms with Gasteiger partial charge in [0.05, 0.1) is 5.57 Å². The van der Waals surface area contributed by atoms with Crippen LogP contribution in [0, 0.1) is 27.7 Å². The first kappa shape index (κ1) is 20.8. The fourth-order valence-electron chi connectivity index (χ4n) is 5.76. The van der Waals surface area contributed by atoms with Crippen LogP contribution in [0.2, 0.25) is 0 Å². The number of hydrogen-bond donors (Lipinski definition) is 0. The van der Waals surface area contributed by atoms with Gasteiger partial charge in [0.1, 0.15) is 5.71 Å². The predicted molar refractivity (Wildman–Crippen MR) is 123 cm³/mol. The van der Waals surface area contributed by atoms with Crippen LogP contribution in [-0.2, 0) is 6.42 Å². The SMILES string of the molecule is CCC1=C(C)C2=C(c3cccc(C)c3C)c3c(C)c(CC)c(C)n3[B-](F)(F)[N+]2=C1C. The summed E-state index contributed by atoms with van der Waals surface area (Å²) in [5.41, 5.74) is 11.1. The molecule has 0 N–H and O–H groups in total. The lowest BCUT2D eigenvalue weighted by atomic mass is 9.82. The quantitative estimate of drug-likeness (QED) is 0.513. The number of hydrogen-bond acceptors (Lipinski definition) is 0. The fraction of sp³-hybridized carbons (Fsp3) is 0.400. The normalized spacial score (nSPS) is 17.8. The van der Waals surface area contributed by atoms with E-state index in [1.807, 2.05) is 33.8 Å². The van der Waals surface area contributed by atoms with E-state index < -0.39 is 6.97 Å². The van der Waals surface area contributed by atoms with Gasteiger partial charge in [0, 0.05) is 23.8 Å². The molecule has 2 aliphatic heterocycles. The molecular formula is C25H31BF2N2. The molecule has 1 aromatic heterocycles. The van der Waals surface area contributed by atoms with E-state index in [9.17, 15) is 0 Å². The van der Waals surface area contributed by atoms with Crippen LogP contribution in [0.3, 0.4) is 0 Å². The van der Waals surface area contributed by atoms with Gasteiger partial charge in [0.25, 0.3) is 0 Å². The molecule has 5 heteroatoms. The molecule has 2 aliphatic rings. The molecule has 0 saturated carbocycles. The Bertz CT molecular complexity index is 1190. The molecule has 0 radical (unpaired) electrons. The molecule has 1 aromatic carbocycles. The van der Waals surface area contributed by atoms with Gasteiger partial charge in [-0.25, -0.2) is 0 Å². The number of allylic oxidation sites excluding steroid dienone is 2. The maximum Gasteiger partial charge on any atom is 0.737 e. The third-order valence-electron chi connectivity index (χ3n) is 7.37. The lowest BCUT2D eigenvalue weighted by Crippen LogP contribution is -2.51. The lowest BCUT2D eigenvalue weighted by molar-refractivity contribution is -0.363. The summed E-state index contributed by atoms with van der Waals surface area (Å²) in [4.78, 5) is 0. The van der Waals surface area contributed by atoms with Crippen molar-refractivity contribution in [2.24, 2.45) is 0 Å². The van der Waals surface area contributed by atoms with Crippen molar-refractivity contribution < 1.29 is 13.1 Å². The Morgan fingerprint density at radius 3 is 2.20 bits per heavy atom. The maximum atomic E-state index is 16.2. The average Bonchev–Trinajstić information content (AvgIpc) is 3.10. The second kappa shape index (κ2) is 6.80. The molecule has 3 heterocycles. The largest absolute Gasteiger partial charge is 0.737 e. The zero-order valence-corrected chi connectivity index (χ0v) is 19.4. The Morgan fingerprint density at radius 2 is 1.60 bits per heavy atom. The second-order valence-electron chi connectivity index (χ2n) is 8.73. The molecule has 0 spiro atoms. The molecule has 2 aromatic rings. The number of fused-ring (bicyclic) bond motifs is 2. The summed E-state index contributed by atoms with van der Waals surface area (Å²) in [5.74, 6) is 0. The lowest BCUT2D eigenvalue weighted by Gasteiger charge is -2.34. The van der Waals surface area contributed by atoms with Crippen LogP contribution < -0.4 is 0 Å². The minimum Gasteiger partial charge on any atom is -0.393 e. The highest BCUT2D eigenvalue weighted by Crippen LogP contribution is 2.47. The molecular weight excluding hydrogens is 377 g/mol. The van der Waals surface area contributed by atoms with Crippen LogP contribution in [0.15, 0.2) is 35.0 Å². The van der Waals surface area contributed by atoms with Crippen LogP contribution in [0.1, 0.15) is 73.3 Å². The molecule has 2 nitrogen and oxygen atoms in total. The highest BCUT2D eigenvalue weighted by atomic mass is 19.2. The van der Waals surface area contributed by atoms with Gasteiger partial charge in [-0.3, -0.25) is 0 Å². The van der Waals surface area contributed by atoms with Crippen molar-refractivity contribution in [2.45, 2.75) is 68.2 Å². The molecule has 0 fully saturated rings. The number of nitrogens with zero attached hydrogens (tertiary/aromatic N) is 2. The minimum atomic E-state index is -3.96. The zero-order valence-electron chi connectivity index (χ0n) is 19.4. The van der Waals surface area contributed by atoms with Gasteiger partial charge < -0.3 is 17.6 Å². The summed E-state index contributed by atoms with van der Waals surface area (Å²) in [6.07, 6.45) is 1.49. The minimum absolute atomic E-state index is 0.687. The van der Waals surface area contributed by atoms with Crippen molar-refractivity contribution in [1.82, 2.24) is 4.48 Å². The molecule has 30 heavy (non-hydrogen) atoms. The van der Waals surface area contributed by atoms with E-state index in [1.165, 1.54) is 14.5 Å². The molecule has 0 bridgehead atoms. The van der Waals surface area contributed by atoms with E-state index >= 15 is 8.63 Å². The Balaban J connectivity index is 2.27. The van der Waals surface area contributed by atoms with Crippen molar-refractivity contribution >= 4 is 18.3 Å². The first-order chi connectivity index (χ1) is 14.1. The topological polar surface area (TPSA) is 7.94 Å². The van der Waals surface area contributed by atoms with E-state index in [0.717, 1.165) is 51.8 Å². The van der Waals surface area contributed by atoms with Crippen molar-refractivity contribution in [3.8, 4) is 0 Å². The van der Waals surface area contributed by atoms with Gasteiger partial charge in [-0.2, -0.15) is 0 Å². The first-order valence-electron chi connectivity index (χ1n) is 11.0. The fourth-order valence-corrected chi connectivity index (χ4v) is 5.76. The molecule has 0 atom stereocenters. The van der Waals surface area contributed by atoms with Gasteiger partial charge in [-0.15, -0.1) is 0 Å². The summed E-state index contributed by atoms with van der Waals surface area (Å²) in [5, 5.41) is 0. The summed E-state index contributed by atoms with van der Waals surface area (Å²) in [6.45, 7) is 12.0. The monoisotopic (exact) mass is 408 g/mol. The van der Waals surface area contributed by atoms with Crippen molar-refractivity contribution in [3.05, 3.63) is 74.2 Å². The third-order valence-corrected chi connectivity index (χ3v) is 7.37. The standard InChI is InChI=1S/C25H31BF2N2/c1-9-20-16(5)24-23(22-13-11-12-14(3)15(22)4)25-17(6)21(10-2)19(8)30(25)26(27,28)29(24)18(20)7/h11-13H,9-10H2,1-8H3. The van der Waals surface area contributed by atoms with E-state index in [0.29, 0.717) is 22.8 Å². The summed E-state index contributed by atoms with van der Waals surface area (Å²) in [7, 11) is 0. The van der Waals surface area contributed by atoms with Crippen LogP contribution in [0.4, 0.5) is 8.63 Å². The number of rotatable bonds is 3. The third kappa shape index (κ3) is 2.44. The van der Waals surface area contributed by atoms with Crippen LogP contribution in [-0.4, -0.2) is 21.6 Å². The molecule has 0 aliphatic carbocycles. The van der Waals surface area contributed by atoms with E-state index in [1.54, 1.807) is 0 Å². The van der Waals surface area contributed by atoms with Crippen molar-refractivity contribution in [2.75, 3.05) is 0 Å². The van der Waals surface area contributed by atoms with Gasteiger partial charge in [0.2, 0.25) is 0 Å². The van der Waals surface area contributed by atoms with Gasteiger partial charge in [0.15, 0.2) is 5.70 Å². The van der Waals surface area contributed by atoms with Crippen molar-refractivity contribution in [1.29, 1.82) is 0 Å². The maximum absolute atomic E-state index is 16.2. The van der Waals surface area contributed by atoms with E-state index in [4.69, 9.17) is 0 Å². The number of halogens is 2. The van der Waals surface area contributed by atoms with Crippen LogP contribution in [0.5, 0.6) is 0 Å². The number of aryl methyl sites for hydroxylation is 1. The van der Waals surface area contributed by atoms with E-state index in [-0.39, 0.29) is 0 Å². The Hall–Kier alpha value is -2.43. The second-order valence-corrected chi connectivity index (χ2v) is 8.73. The molecule has 0 unspecified atom stereocenters. The van der Waals surface area contributed by atoms with E-state index in [2.05, 4.69) is 39.8 Å². The molecule has 0 saturated heterocycles. The molecule has 0 amide bonds. The average molecular weight is 408 g/mol. The van der Waals surface area contributed by atoms with Gasteiger partial charge in [-0.1, -0.05) is 32.0 Å². The Kier molecular flexibility index (Phi) is 4.72.